The SMILES string of the molecule is O=C(c1nc2cc(C(F)(F)F)ccc2[nH]1)N1CCc2nc(C3(c4ccccc4)CC3)[nH]c(=O)c2C1. The molecule has 1 aliphatic carbocycles. The molecule has 1 aliphatic heterocycles. The molecule has 0 radical (unpaired) electrons. The number of carbonyl (C=O) groups is 1. The molecule has 4 aromatic rings. The lowest BCUT2D eigenvalue weighted by atomic mass is 9.94. The maximum atomic E-state index is 13.1. The third kappa shape index (κ3) is 3.60. The minimum Gasteiger partial charge on any atom is -0.334 e. The molecule has 7 nitrogen and oxygen atoms in total. The largest absolute Gasteiger partial charge is 0.416 e. The zero-order valence-electron chi connectivity index (χ0n) is 18.4. The third-order valence-corrected chi connectivity index (χ3v) is 6.90. The molecule has 35 heavy (non-hydrogen) atoms. The lowest BCUT2D eigenvalue weighted by Crippen LogP contribution is -2.40. The maximum Gasteiger partial charge on any atom is 0.416 e. The minimum absolute atomic E-state index is 0.0555. The molecular weight excluding hydrogens is 459 g/mol. The van der Waals surface area contributed by atoms with Gasteiger partial charge < -0.3 is 14.9 Å². The molecule has 0 saturated heterocycles. The highest BCUT2D eigenvalue weighted by Gasteiger charge is 2.48. The molecule has 1 fully saturated rings. The van der Waals surface area contributed by atoms with E-state index in [1.807, 2.05) is 30.3 Å². The van der Waals surface area contributed by atoms with Crippen LogP contribution in [0.5, 0.6) is 0 Å². The van der Waals surface area contributed by atoms with Crippen LogP contribution in [0, 0.1) is 0 Å². The summed E-state index contributed by atoms with van der Waals surface area (Å²) in [5, 5.41) is 0. The molecule has 3 heterocycles. The molecule has 0 atom stereocenters. The van der Waals surface area contributed by atoms with Crippen molar-refractivity contribution in [3.63, 3.8) is 0 Å². The number of imidazole rings is 1. The van der Waals surface area contributed by atoms with Crippen molar-refractivity contribution in [1.29, 1.82) is 0 Å². The highest BCUT2D eigenvalue weighted by Crippen LogP contribution is 2.51. The second-order valence-corrected chi connectivity index (χ2v) is 9.08. The molecule has 6 rings (SSSR count). The molecular formula is C25H20F3N5O2. The van der Waals surface area contributed by atoms with Crippen LogP contribution in [-0.2, 0) is 24.6 Å². The highest BCUT2D eigenvalue weighted by molar-refractivity contribution is 5.94. The zero-order chi connectivity index (χ0) is 24.4. The smallest absolute Gasteiger partial charge is 0.334 e. The Morgan fingerprint density at radius 2 is 1.80 bits per heavy atom. The van der Waals surface area contributed by atoms with Gasteiger partial charge in [0.25, 0.3) is 11.5 Å². The van der Waals surface area contributed by atoms with Gasteiger partial charge in [0.1, 0.15) is 5.82 Å². The Morgan fingerprint density at radius 1 is 1.03 bits per heavy atom. The van der Waals surface area contributed by atoms with E-state index in [1.54, 1.807) is 0 Å². The average Bonchev–Trinajstić information content (AvgIpc) is 3.55. The van der Waals surface area contributed by atoms with E-state index in [2.05, 4.69) is 15.0 Å². The first kappa shape index (κ1) is 21.6. The fourth-order valence-corrected chi connectivity index (χ4v) is 4.80. The van der Waals surface area contributed by atoms with E-state index in [0.717, 1.165) is 30.5 Å². The number of rotatable bonds is 3. The number of fused-ring (bicyclic) bond motifs is 2. The van der Waals surface area contributed by atoms with Crippen LogP contribution >= 0.6 is 0 Å². The second-order valence-electron chi connectivity index (χ2n) is 9.08. The number of aromatic amines is 2. The van der Waals surface area contributed by atoms with Crippen LogP contribution in [0.3, 0.4) is 0 Å². The van der Waals surface area contributed by atoms with E-state index >= 15 is 0 Å². The Morgan fingerprint density at radius 3 is 2.51 bits per heavy atom. The predicted octanol–water partition coefficient (Wildman–Crippen LogP) is 3.94. The standard InChI is InChI=1S/C25H20F3N5O2/c26-25(27,28)15-6-7-18-19(12-15)30-20(29-18)22(35)33-11-8-17-16(13-33)21(34)32-23(31-17)24(9-10-24)14-4-2-1-3-5-14/h1-7,12H,8-11,13H2,(H,29,30)(H,31,32,34). The fraction of sp³-hybridized carbons (Fsp3) is 0.280. The van der Waals surface area contributed by atoms with E-state index in [-0.39, 0.29) is 28.9 Å². The Bertz CT molecular complexity index is 1520. The average molecular weight is 479 g/mol. The van der Waals surface area contributed by atoms with Crippen molar-refractivity contribution >= 4 is 16.9 Å². The van der Waals surface area contributed by atoms with Gasteiger partial charge in [-0.05, 0) is 36.6 Å². The topological polar surface area (TPSA) is 94.7 Å². The Hall–Kier alpha value is -3.95. The number of halogens is 3. The third-order valence-electron chi connectivity index (χ3n) is 6.90. The molecule has 2 N–H and O–H groups in total. The number of hydrogen-bond donors (Lipinski definition) is 2. The van der Waals surface area contributed by atoms with Crippen LogP contribution in [0.4, 0.5) is 13.2 Å². The van der Waals surface area contributed by atoms with Crippen LogP contribution in [0.15, 0.2) is 53.3 Å². The number of aromatic nitrogens is 4. The summed E-state index contributed by atoms with van der Waals surface area (Å²) in [6, 6.07) is 13.1. The monoisotopic (exact) mass is 479 g/mol. The number of alkyl halides is 3. The molecule has 10 heteroatoms. The van der Waals surface area contributed by atoms with Crippen molar-refractivity contribution in [2.24, 2.45) is 0 Å². The summed E-state index contributed by atoms with van der Waals surface area (Å²) in [4.78, 5) is 42.2. The number of H-pyrrole nitrogens is 2. The Balaban J connectivity index is 1.27. The number of benzene rings is 2. The van der Waals surface area contributed by atoms with Gasteiger partial charge in [0.15, 0.2) is 5.82 Å². The van der Waals surface area contributed by atoms with E-state index in [0.29, 0.717) is 35.6 Å². The number of nitrogens with zero attached hydrogens (tertiary/aromatic N) is 3. The second kappa shape index (κ2) is 7.53. The summed E-state index contributed by atoms with van der Waals surface area (Å²) in [7, 11) is 0. The number of nitrogens with one attached hydrogen (secondary N) is 2. The Labute approximate surface area is 197 Å². The van der Waals surface area contributed by atoms with Gasteiger partial charge in [-0.25, -0.2) is 9.97 Å². The van der Waals surface area contributed by atoms with Crippen LogP contribution in [-0.4, -0.2) is 37.3 Å². The van der Waals surface area contributed by atoms with Gasteiger partial charge in [-0.2, -0.15) is 13.2 Å². The van der Waals surface area contributed by atoms with Crippen LogP contribution in [0.25, 0.3) is 11.0 Å². The summed E-state index contributed by atoms with van der Waals surface area (Å²) in [5.41, 5.74) is 1.23. The first-order valence-corrected chi connectivity index (χ1v) is 11.3. The van der Waals surface area contributed by atoms with Gasteiger partial charge >= 0.3 is 6.18 Å². The van der Waals surface area contributed by atoms with Crippen molar-refractivity contribution < 1.29 is 18.0 Å². The van der Waals surface area contributed by atoms with E-state index < -0.39 is 17.6 Å². The highest BCUT2D eigenvalue weighted by atomic mass is 19.4. The van der Waals surface area contributed by atoms with Crippen molar-refractivity contribution in [2.45, 2.75) is 37.4 Å². The lowest BCUT2D eigenvalue weighted by Gasteiger charge is -2.28. The molecule has 0 unspecified atom stereocenters. The van der Waals surface area contributed by atoms with E-state index in [1.165, 1.54) is 11.0 Å². The molecule has 2 aromatic heterocycles. The molecule has 178 valence electrons. The summed E-state index contributed by atoms with van der Waals surface area (Å²) < 4.78 is 39.0. The molecule has 0 bridgehead atoms. The maximum absolute atomic E-state index is 13.1. The van der Waals surface area contributed by atoms with Gasteiger partial charge in [-0.15, -0.1) is 0 Å². The number of amides is 1. The van der Waals surface area contributed by atoms with Crippen molar-refractivity contribution in [3.05, 3.63) is 92.9 Å². The summed E-state index contributed by atoms with van der Waals surface area (Å²) in [5.74, 6) is 0.113. The summed E-state index contributed by atoms with van der Waals surface area (Å²) >= 11 is 0. The fourth-order valence-electron chi connectivity index (χ4n) is 4.80. The lowest BCUT2D eigenvalue weighted by molar-refractivity contribution is -0.137. The van der Waals surface area contributed by atoms with Crippen molar-refractivity contribution in [1.82, 2.24) is 24.8 Å². The van der Waals surface area contributed by atoms with Crippen molar-refractivity contribution in [2.75, 3.05) is 6.54 Å². The number of hydrogen-bond acceptors (Lipinski definition) is 4. The summed E-state index contributed by atoms with van der Waals surface area (Å²) in [6.07, 6.45) is -2.28. The van der Waals surface area contributed by atoms with E-state index in [4.69, 9.17) is 4.98 Å². The molecule has 1 saturated carbocycles. The first-order valence-electron chi connectivity index (χ1n) is 11.3. The Kier molecular flexibility index (Phi) is 4.64. The zero-order valence-corrected chi connectivity index (χ0v) is 18.4. The molecule has 2 aromatic carbocycles. The summed E-state index contributed by atoms with van der Waals surface area (Å²) in [6.45, 7) is 0.380. The number of carbonyl (C=O) groups excluding carboxylic acids is 1. The van der Waals surface area contributed by atoms with Crippen LogP contribution in [0.2, 0.25) is 0 Å². The predicted molar refractivity (Wildman–Crippen MR) is 121 cm³/mol. The minimum atomic E-state index is -4.50. The molecule has 0 spiro atoms. The van der Waals surface area contributed by atoms with Crippen molar-refractivity contribution in [3.8, 4) is 0 Å². The van der Waals surface area contributed by atoms with Crippen LogP contribution < -0.4 is 5.56 Å². The molecule has 2 aliphatic rings. The quantitative estimate of drug-likeness (QED) is 0.465. The van der Waals surface area contributed by atoms with Crippen LogP contribution in [0.1, 0.15) is 51.7 Å². The van der Waals surface area contributed by atoms with Gasteiger partial charge in [0, 0.05) is 13.0 Å². The van der Waals surface area contributed by atoms with E-state index in [9.17, 15) is 22.8 Å². The van der Waals surface area contributed by atoms with Gasteiger partial charge in [-0.3, -0.25) is 9.59 Å². The van der Waals surface area contributed by atoms with Gasteiger partial charge in [-0.1, -0.05) is 30.3 Å². The molecule has 1 amide bonds. The van der Waals surface area contributed by atoms with Gasteiger partial charge in [0.05, 0.1) is 39.8 Å². The van der Waals surface area contributed by atoms with Gasteiger partial charge in [0.2, 0.25) is 0 Å². The normalized spacial score (nSPS) is 16.8. The first-order chi connectivity index (χ1) is 16.7.